The Morgan fingerprint density at radius 2 is 1.72 bits per heavy atom. The molecular formula is C25H42O4. The van der Waals surface area contributed by atoms with Crippen molar-refractivity contribution in [2.45, 2.75) is 104 Å². The van der Waals surface area contributed by atoms with Crippen LogP contribution in [0.4, 0.5) is 0 Å². The Kier molecular flexibility index (Phi) is 5.18. The second-order valence-corrected chi connectivity index (χ2v) is 11.3. The van der Waals surface area contributed by atoms with Crippen molar-refractivity contribution in [2.75, 3.05) is 0 Å². The summed E-state index contributed by atoms with van der Waals surface area (Å²) in [4.78, 5) is 11.8. The molecule has 5 saturated carbocycles. The third kappa shape index (κ3) is 2.80. The monoisotopic (exact) mass is 406 g/mol. The molecule has 11 atom stereocenters. The molecule has 0 heterocycles. The van der Waals surface area contributed by atoms with Crippen molar-refractivity contribution < 1.29 is 19.7 Å². The van der Waals surface area contributed by atoms with E-state index in [1.165, 1.54) is 0 Å². The maximum Gasteiger partial charge on any atom is 0.302 e. The van der Waals surface area contributed by atoms with Crippen LogP contribution in [0.3, 0.4) is 0 Å². The van der Waals surface area contributed by atoms with Crippen molar-refractivity contribution in [3.8, 4) is 0 Å². The van der Waals surface area contributed by atoms with Gasteiger partial charge in [-0.25, -0.2) is 0 Å². The molecule has 0 spiro atoms. The van der Waals surface area contributed by atoms with E-state index in [9.17, 15) is 15.0 Å². The highest BCUT2D eigenvalue weighted by Gasteiger charge is 2.75. The van der Waals surface area contributed by atoms with Gasteiger partial charge in [-0.05, 0) is 79.4 Å². The highest BCUT2D eigenvalue weighted by molar-refractivity contribution is 5.66. The topological polar surface area (TPSA) is 66.8 Å². The van der Waals surface area contributed by atoms with E-state index in [-0.39, 0.29) is 29.0 Å². The summed E-state index contributed by atoms with van der Waals surface area (Å²) in [6.07, 6.45) is 6.54. The molecule has 0 amide bonds. The third-order valence-corrected chi connectivity index (χ3v) is 10.2. The molecule has 0 bridgehead atoms. The van der Waals surface area contributed by atoms with E-state index in [2.05, 4.69) is 20.8 Å². The van der Waals surface area contributed by atoms with E-state index in [0.717, 1.165) is 38.5 Å². The highest BCUT2D eigenvalue weighted by atomic mass is 16.5. The fourth-order valence-corrected chi connectivity index (χ4v) is 8.94. The second kappa shape index (κ2) is 6.95. The van der Waals surface area contributed by atoms with Crippen molar-refractivity contribution in [2.24, 2.45) is 46.3 Å². The molecule has 5 aliphatic carbocycles. The van der Waals surface area contributed by atoms with Crippen molar-refractivity contribution in [1.82, 2.24) is 0 Å². The standard InChI is InChI=1S/C23H36O4.C2H6/c1-12-9-18-19-15-10-17(15)23(26)11-14(25)5-8-22(23,4)16(19)6-7-21(18,3)20(12)27-13(2)24;1-2/h12,14-20,25-26H,5-11H2,1-4H3;1-2H3. The fourth-order valence-electron chi connectivity index (χ4n) is 8.94. The molecule has 0 aromatic rings. The number of esters is 1. The fraction of sp³-hybridized carbons (Fsp3) is 0.960. The number of carbonyl (C=O) groups excluding carboxylic acids is 1. The first kappa shape index (κ1) is 21.6. The van der Waals surface area contributed by atoms with E-state index >= 15 is 0 Å². The van der Waals surface area contributed by atoms with Gasteiger partial charge in [0, 0.05) is 18.8 Å². The summed E-state index contributed by atoms with van der Waals surface area (Å²) in [6.45, 7) is 12.5. The lowest BCUT2D eigenvalue weighted by molar-refractivity contribution is -0.228. The van der Waals surface area contributed by atoms with Gasteiger partial charge in [0.15, 0.2) is 0 Å². The van der Waals surface area contributed by atoms with Crippen LogP contribution in [0.2, 0.25) is 0 Å². The first-order valence-electron chi connectivity index (χ1n) is 12.2. The van der Waals surface area contributed by atoms with E-state index in [1.54, 1.807) is 6.92 Å². The zero-order valence-corrected chi connectivity index (χ0v) is 19.3. The quantitative estimate of drug-likeness (QED) is 0.626. The Hall–Kier alpha value is -0.610. The first-order valence-corrected chi connectivity index (χ1v) is 12.2. The number of aliphatic hydroxyl groups excluding tert-OH is 1. The van der Waals surface area contributed by atoms with Crippen LogP contribution in [0, 0.1) is 46.3 Å². The molecule has 0 aromatic heterocycles. The lowest BCUT2D eigenvalue weighted by atomic mass is 9.43. The Bertz CT molecular complexity index is 663. The molecular weight excluding hydrogens is 364 g/mol. The van der Waals surface area contributed by atoms with Gasteiger partial charge < -0.3 is 14.9 Å². The molecule has 0 saturated heterocycles. The van der Waals surface area contributed by atoms with Crippen LogP contribution in [0.1, 0.15) is 86.5 Å². The number of hydrogen-bond donors (Lipinski definition) is 2. The van der Waals surface area contributed by atoms with Crippen LogP contribution in [0.25, 0.3) is 0 Å². The van der Waals surface area contributed by atoms with Gasteiger partial charge in [-0.3, -0.25) is 4.79 Å². The van der Waals surface area contributed by atoms with Crippen LogP contribution in [-0.2, 0) is 9.53 Å². The summed E-state index contributed by atoms with van der Waals surface area (Å²) >= 11 is 0. The van der Waals surface area contributed by atoms with Gasteiger partial charge in [0.1, 0.15) is 6.10 Å². The Morgan fingerprint density at radius 1 is 1.03 bits per heavy atom. The lowest BCUT2D eigenvalue weighted by Gasteiger charge is -2.63. The van der Waals surface area contributed by atoms with Gasteiger partial charge >= 0.3 is 5.97 Å². The minimum atomic E-state index is -0.677. The minimum Gasteiger partial charge on any atom is -0.462 e. The van der Waals surface area contributed by atoms with Crippen LogP contribution in [-0.4, -0.2) is 34.0 Å². The van der Waals surface area contributed by atoms with Crippen molar-refractivity contribution in [3.63, 3.8) is 0 Å². The molecule has 4 nitrogen and oxygen atoms in total. The average molecular weight is 407 g/mol. The third-order valence-electron chi connectivity index (χ3n) is 10.2. The van der Waals surface area contributed by atoms with E-state index in [1.807, 2.05) is 13.8 Å². The normalized spacial score (nSPS) is 57.2. The second-order valence-electron chi connectivity index (χ2n) is 11.3. The molecule has 11 unspecified atom stereocenters. The first-order chi connectivity index (χ1) is 13.6. The summed E-state index contributed by atoms with van der Waals surface area (Å²) in [5.41, 5.74) is -0.665. The summed E-state index contributed by atoms with van der Waals surface area (Å²) in [7, 11) is 0. The zero-order chi connectivity index (χ0) is 21.4. The Balaban J connectivity index is 0.000000994. The molecule has 4 heteroatoms. The predicted molar refractivity (Wildman–Crippen MR) is 113 cm³/mol. The Labute approximate surface area is 176 Å². The average Bonchev–Trinajstić information content (AvgIpc) is 3.42. The van der Waals surface area contributed by atoms with Gasteiger partial charge in [-0.2, -0.15) is 0 Å². The SMILES string of the molecule is CC.CC(=O)OC1C(C)CC2C3C4CC4C4(O)CC(O)CCC4(C)C3CCC21C. The Morgan fingerprint density at radius 3 is 2.38 bits per heavy atom. The van der Waals surface area contributed by atoms with Gasteiger partial charge in [0.2, 0.25) is 0 Å². The van der Waals surface area contributed by atoms with E-state index in [0.29, 0.717) is 41.9 Å². The molecule has 0 aliphatic heterocycles. The molecule has 5 aliphatic rings. The largest absolute Gasteiger partial charge is 0.462 e. The summed E-state index contributed by atoms with van der Waals surface area (Å²) in [5, 5.41) is 22.1. The van der Waals surface area contributed by atoms with Crippen molar-refractivity contribution in [1.29, 1.82) is 0 Å². The number of hydrogen-bond acceptors (Lipinski definition) is 4. The molecule has 2 N–H and O–H groups in total. The summed E-state index contributed by atoms with van der Waals surface area (Å²) in [6, 6.07) is 0. The smallest absolute Gasteiger partial charge is 0.302 e. The summed E-state index contributed by atoms with van der Waals surface area (Å²) in [5.74, 6) is 3.03. The lowest BCUT2D eigenvalue weighted by Crippen LogP contribution is -2.64. The number of ether oxygens (including phenoxy) is 1. The predicted octanol–water partition coefficient (Wildman–Crippen LogP) is 4.56. The van der Waals surface area contributed by atoms with E-state index in [4.69, 9.17) is 4.74 Å². The molecule has 166 valence electrons. The highest BCUT2D eigenvalue weighted by Crippen LogP contribution is 2.76. The maximum absolute atomic E-state index is 11.8. The van der Waals surface area contributed by atoms with Gasteiger partial charge in [0.05, 0.1) is 11.7 Å². The van der Waals surface area contributed by atoms with Crippen molar-refractivity contribution >= 4 is 5.97 Å². The molecule has 0 aromatic carbocycles. The minimum absolute atomic E-state index is 0.0416. The van der Waals surface area contributed by atoms with Crippen LogP contribution < -0.4 is 0 Å². The van der Waals surface area contributed by atoms with Gasteiger partial charge in [-0.1, -0.05) is 34.6 Å². The zero-order valence-electron chi connectivity index (χ0n) is 19.3. The molecule has 5 rings (SSSR count). The van der Waals surface area contributed by atoms with Gasteiger partial charge in [0.25, 0.3) is 0 Å². The number of rotatable bonds is 1. The number of carbonyl (C=O) groups is 1. The number of aliphatic hydroxyl groups is 2. The van der Waals surface area contributed by atoms with E-state index < -0.39 is 5.60 Å². The van der Waals surface area contributed by atoms with Crippen LogP contribution >= 0.6 is 0 Å². The number of fused-ring (bicyclic) bond motifs is 8. The van der Waals surface area contributed by atoms with Crippen molar-refractivity contribution in [3.05, 3.63) is 0 Å². The molecule has 5 fully saturated rings. The maximum atomic E-state index is 11.8. The molecule has 0 radical (unpaired) electrons. The van der Waals surface area contributed by atoms with Crippen LogP contribution in [0.5, 0.6) is 0 Å². The van der Waals surface area contributed by atoms with Crippen LogP contribution in [0.15, 0.2) is 0 Å². The summed E-state index contributed by atoms with van der Waals surface area (Å²) < 4.78 is 5.87. The molecule has 29 heavy (non-hydrogen) atoms. The van der Waals surface area contributed by atoms with Gasteiger partial charge in [-0.15, -0.1) is 0 Å².